The molecule has 0 amide bonds. The van der Waals surface area contributed by atoms with E-state index in [1.807, 2.05) is 30.3 Å². The lowest BCUT2D eigenvalue weighted by atomic mass is 10.1. The summed E-state index contributed by atoms with van der Waals surface area (Å²) in [5.74, 6) is 0. The normalized spacial score (nSPS) is 11.1. The third-order valence-corrected chi connectivity index (χ3v) is 2.99. The Balaban J connectivity index is 2.59. The lowest BCUT2D eigenvalue weighted by Gasteiger charge is -2.03. The Labute approximate surface area is 102 Å². The Hall–Kier alpha value is -1.38. The second-order valence-electron chi connectivity index (χ2n) is 3.50. The molecule has 1 aromatic heterocycles. The average molecular weight is 249 g/mol. The molecule has 4 heteroatoms. The summed E-state index contributed by atoms with van der Waals surface area (Å²) in [4.78, 5) is 0. The van der Waals surface area contributed by atoms with Gasteiger partial charge in [0.05, 0.1) is 10.5 Å². The summed E-state index contributed by atoms with van der Waals surface area (Å²) in [5, 5.41) is 11.3. The zero-order valence-corrected chi connectivity index (χ0v) is 9.63. The Morgan fingerprint density at radius 1 is 0.875 bits per heavy atom. The van der Waals surface area contributed by atoms with E-state index in [9.17, 15) is 0 Å². The molecule has 0 saturated heterocycles. The third kappa shape index (κ3) is 1.42. The molecular formula is C12H6Cl2N2. The Morgan fingerprint density at radius 2 is 1.69 bits per heavy atom. The van der Waals surface area contributed by atoms with Crippen molar-refractivity contribution in [2.45, 2.75) is 0 Å². The molecule has 3 aromatic rings. The summed E-state index contributed by atoms with van der Waals surface area (Å²) in [5.41, 5.74) is 1.53. The highest BCUT2D eigenvalue weighted by molar-refractivity contribution is 6.39. The zero-order chi connectivity index (χ0) is 11.1. The minimum absolute atomic E-state index is 0.528. The van der Waals surface area contributed by atoms with Crippen molar-refractivity contribution in [1.82, 2.24) is 10.2 Å². The van der Waals surface area contributed by atoms with Crippen molar-refractivity contribution in [3.05, 3.63) is 46.4 Å². The quantitative estimate of drug-likeness (QED) is 0.561. The molecular weight excluding hydrogens is 243 g/mol. The highest BCUT2D eigenvalue weighted by Crippen LogP contribution is 2.30. The number of hydrogen-bond donors (Lipinski definition) is 0. The van der Waals surface area contributed by atoms with Crippen LogP contribution in [0.3, 0.4) is 0 Å². The molecule has 0 saturated carbocycles. The molecule has 0 N–H and O–H groups in total. The van der Waals surface area contributed by atoms with Gasteiger partial charge in [0.25, 0.3) is 0 Å². The van der Waals surface area contributed by atoms with E-state index in [0.717, 1.165) is 16.3 Å². The summed E-state index contributed by atoms with van der Waals surface area (Å²) < 4.78 is 0. The van der Waals surface area contributed by atoms with Crippen LogP contribution >= 0.6 is 23.2 Å². The van der Waals surface area contributed by atoms with Crippen LogP contribution in [-0.2, 0) is 0 Å². The smallest absolute Gasteiger partial charge is 0.112 e. The Bertz CT molecular complexity index is 695. The molecule has 0 aliphatic rings. The van der Waals surface area contributed by atoms with Crippen LogP contribution in [0.15, 0.2) is 36.4 Å². The number of fused-ring (bicyclic) bond motifs is 3. The molecule has 0 bridgehead atoms. The predicted octanol–water partition coefficient (Wildman–Crippen LogP) is 4.09. The first-order valence-corrected chi connectivity index (χ1v) is 5.51. The maximum atomic E-state index is 6.08. The first-order chi connectivity index (χ1) is 7.75. The van der Waals surface area contributed by atoms with E-state index in [4.69, 9.17) is 23.2 Å². The van der Waals surface area contributed by atoms with E-state index in [1.165, 1.54) is 0 Å². The molecule has 2 aromatic carbocycles. The molecule has 0 spiro atoms. The molecule has 0 radical (unpaired) electrons. The van der Waals surface area contributed by atoms with Gasteiger partial charge in [0.2, 0.25) is 0 Å². The van der Waals surface area contributed by atoms with Crippen LogP contribution in [0.5, 0.6) is 0 Å². The first kappa shape index (κ1) is 9.82. The number of aromatic nitrogens is 2. The van der Waals surface area contributed by atoms with Gasteiger partial charge >= 0.3 is 0 Å². The van der Waals surface area contributed by atoms with Crippen LogP contribution in [0.2, 0.25) is 10.0 Å². The van der Waals surface area contributed by atoms with Crippen molar-refractivity contribution in [2.24, 2.45) is 0 Å². The van der Waals surface area contributed by atoms with Crippen molar-refractivity contribution in [3.63, 3.8) is 0 Å². The minimum Gasteiger partial charge on any atom is -0.150 e. The van der Waals surface area contributed by atoms with Gasteiger partial charge in [-0.3, -0.25) is 0 Å². The second-order valence-corrected chi connectivity index (χ2v) is 4.34. The summed E-state index contributed by atoms with van der Waals surface area (Å²) in [7, 11) is 0. The molecule has 78 valence electrons. The number of rotatable bonds is 0. The van der Waals surface area contributed by atoms with Crippen molar-refractivity contribution in [3.8, 4) is 0 Å². The van der Waals surface area contributed by atoms with Crippen molar-refractivity contribution in [1.29, 1.82) is 0 Å². The van der Waals surface area contributed by atoms with Gasteiger partial charge < -0.3 is 0 Å². The van der Waals surface area contributed by atoms with E-state index in [2.05, 4.69) is 10.2 Å². The molecule has 0 unspecified atom stereocenters. The van der Waals surface area contributed by atoms with E-state index in [0.29, 0.717) is 15.6 Å². The van der Waals surface area contributed by atoms with E-state index >= 15 is 0 Å². The van der Waals surface area contributed by atoms with Crippen molar-refractivity contribution < 1.29 is 0 Å². The Kier molecular flexibility index (Phi) is 2.20. The van der Waals surface area contributed by atoms with E-state index in [1.54, 1.807) is 6.07 Å². The van der Waals surface area contributed by atoms with Gasteiger partial charge in [-0.2, -0.15) is 0 Å². The molecule has 2 nitrogen and oxygen atoms in total. The fourth-order valence-electron chi connectivity index (χ4n) is 1.77. The monoisotopic (exact) mass is 248 g/mol. The lowest BCUT2D eigenvalue weighted by Crippen LogP contribution is -1.88. The summed E-state index contributed by atoms with van der Waals surface area (Å²) in [6.07, 6.45) is 0. The highest BCUT2D eigenvalue weighted by atomic mass is 35.5. The minimum atomic E-state index is 0.528. The summed E-state index contributed by atoms with van der Waals surface area (Å²) in [6, 6.07) is 11.3. The van der Waals surface area contributed by atoms with Gasteiger partial charge in [-0.25, -0.2) is 0 Å². The van der Waals surface area contributed by atoms with Crippen LogP contribution in [-0.4, -0.2) is 10.2 Å². The van der Waals surface area contributed by atoms with Gasteiger partial charge in [0.1, 0.15) is 5.52 Å². The van der Waals surface area contributed by atoms with E-state index in [-0.39, 0.29) is 0 Å². The number of halogens is 2. The molecule has 0 aliphatic heterocycles. The second kappa shape index (κ2) is 3.58. The van der Waals surface area contributed by atoms with Gasteiger partial charge in [-0.1, -0.05) is 41.4 Å². The van der Waals surface area contributed by atoms with Crippen molar-refractivity contribution >= 4 is 45.0 Å². The zero-order valence-electron chi connectivity index (χ0n) is 8.11. The number of nitrogens with zero attached hydrogens (tertiary/aromatic N) is 2. The largest absolute Gasteiger partial charge is 0.150 e. The molecule has 0 aliphatic carbocycles. The summed E-state index contributed by atoms with van der Waals surface area (Å²) >= 11 is 12.1. The van der Waals surface area contributed by atoms with Crippen LogP contribution < -0.4 is 0 Å². The standard InChI is InChI=1S/C12H6Cl2N2/c13-7-5-9-8-3-1-2-4-11(8)15-16-12(9)10(14)6-7/h1-6H. The van der Waals surface area contributed by atoms with Gasteiger partial charge in [0, 0.05) is 15.8 Å². The maximum absolute atomic E-state index is 6.08. The molecule has 1 heterocycles. The van der Waals surface area contributed by atoms with E-state index < -0.39 is 0 Å². The fraction of sp³-hybridized carbons (Fsp3) is 0. The van der Waals surface area contributed by atoms with Crippen LogP contribution in [0, 0.1) is 0 Å². The first-order valence-electron chi connectivity index (χ1n) is 4.76. The van der Waals surface area contributed by atoms with Gasteiger partial charge in [-0.05, 0) is 18.2 Å². The fourth-order valence-corrected chi connectivity index (χ4v) is 2.30. The molecule has 3 rings (SSSR count). The van der Waals surface area contributed by atoms with Crippen LogP contribution in [0.4, 0.5) is 0 Å². The molecule has 16 heavy (non-hydrogen) atoms. The average Bonchev–Trinajstić information content (AvgIpc) is 2.28. The predicted molar refractivity (Wildman–Crippen MR) is 67.1 cm³/mol. The topological polar surface area (TPSA) is 25.8 Å². The van der Waals surface area contributed by atoms with Gasteiger partial charge in [-0.15, -0.1) is 10.2 Å². The van der Waals surface area contributed by atoms with Crippen molar-refractivity contribution in [2.75, 3.05) is 0 Å². The third-order valence-electron chi connectivity index (χ3n) is 2.48. The highest BCUT2D eigenvalue weighted by Gasteiger charge is 2.07. The van der Waals surface area contributed by atoms with Gasteiger partial charge in [0.15, 0.2) is 0 Å². The molecule has 0 atom stereocenters. The summed E-state index contributed by atoms with van der Waals surface area (Å²) in [6.45, 7) is 0. The van der Waals surface area contributed by atoms with Crippen LogP contribution in [0.25, 0.3) is 21.8 Å². The number of hydrogen-bond acceptors (Lipinski definition) is 2. The lowest BCUT2D eigenvalue weighted by molar-refractivity contribution is 1.12. The number of benzene rings is 2. The SMILES string of the molecule is Clc1cc(Cl)c2nnc3ccccc3c2c1. The maximum Gasteiger partial charge on any atom is 0.112 e. The Morgan fingerprint density at radius 3 is 2.56 bits per heavy atom. The molecule has 0 fully saturated rings. The van der Waals surface area contributed by atoms with Crippen LogP contribution in [0.1, 0.15) is 0 Å².